The van der Waals surface area contributed by atoms with Crippen molar-refractivity contribution >= 4 is 33.8 Å². The fourth-order valence-electron chi connectivity index (χ4n) is 4.55. The lowest BCUT2D eigenvalue weighted by molar-refractivity contribution is 0.102. The number of hydrogen-bond donors (Lipinski definition) is 3. The first kappa shape index (κ1) is 23.3. The first-order chi connectivity index (χ1) is 19.7. The van der Waals surface area contributed by atoms with Crippen LogP contribution in [0.5, 0.6) is 0 Å². The number of hydrogen-bond acceptors (Lipinski definition) is 7. The number of anilines is 1. The van der Waals surface area contributed by atoms with Crippen LogP contribution in [0.4, 0.5) is 10.1 Å². The van der Waals surface area contributed by atoms with Gasteiger partial charge in [-0.2, -0.15) is 5.10 Å². The molecule has 0 saturated heterocycles. The predicted molar refractivity (Wildman–Crippen MR) is 148 cm³/mol. The number of rotatable bonds is 5. The third-order valence-electron chi connectivity index (χ3n) is 6.45. The molecule has 1 aromatic carbocycles. The predicted octanol–water partition coefficient (Wildman–Crippen LogP) is 5.41. The molecule has 3 N–H and O–H groups in total. The van der Waals surface area contributed by atoms with Gasteiger partial charge in [-0.15, -0.1) is 0 Å². The Morgan fingerprint density at radius 2 is 1.70 bits per heavy atom. The number of fused-ring (bicyclic) bond motifs is 2. The van der Waals surface area contributed by atoms with Crippen molar-refractivity contribution in [3.05, 3.63) is 103 Å². The van der Waals surface area contributed by atoms with Crippen LogP contribution >= 0.6 is 0 Å². The fourth-order valence-corrected chi connectivity index (χ4v) is 4.55. The van der Waals surface area contributed by atoms with Crippen LogP contribution in [0.15, 0.2) is 91.8 Å². The van der Waals surface area contributed by atoms with E-state index in [1.807, 2.05) is 24.3 Å². The van der Waals surface area contributed by atoms with E-state index < -0.39 is 5.82 Å². The van der Waals surface area contributed by atoms with Crippen molar-refractivity contribution in [3.63, 3.8) is 0 Å². The molecule has 7 aromatic rings. The molecule has 0 fully saturated rings. The van der Waals surface area contributed by atoms with Gasteiger partial charge >= 0.3 is 0 Å². The molecular weight excluding hydrogens is 509 g/mol. The molecule has 0 aliphatic heterocycles. The summed E-state index contributed by atoms with van der Waals surface area (Å²) >= 11 is 0. The van der Waals surface area contributed by atoms with Gasteiger partial charge in [-0.25, -0.2) is 19.3 Å². The summed E-state index contributed by atoms with van der Waals surface area (Å²) in [5.41, 5.74) is 4.93. The lowest BCUT2D eigenvalue weighted by Gasteiger charge is -2.08. The van der Waals surface area contributed by atoms with Crippen LogP contribution in [0, 0.1) is 5.82 Å². The molecule has 0 atom stereocenters. The van der Waals surface area contributed by atoms with E-state index >= 15 is 4.39 Å². The number of halogens is 1. The summed E-state index contributed by atoms with van der Waals surface area (Å²) in [5, 5.41) is 10.1. The molecule has 11 heteroatoms. The minimum Gasteiger partial charge on any atom is -0.321 e. The highest BCUT2D eigenvalue weighted by molar-refractivity contribution is 6.04. The van der Waals surface area contributed by atoms with Crippen LogP contribution in [-0.4, -0.2) is 46.0 Å². The highest BCUT2D eigenvalue weighted by Crippen LogP contribution is 2.34. The number of carbonyl (C=O) groups is 1. The number of pyridine rings is 4. The number of amides is 1. The second-order valence-corrected chi connectivity index (χ2v) is 8.95. The second-order valence-electron chi connectivity index (χ2n) is 8.95. The zero-order valence-corrected chi connectivity index (χ0v) is 20.6. The molecule has 0 spiro atoms. The van der Waals surface area contributed by atoms with E-state index in [2.05, 4.69) is 40.4 Å². The average molecular weight is 528 g/mol. The van der Waals surface area contributed by atoms with Crippen molar-refractivity contribution in [3.8, 4) is 33.8 Å². The number of nitrogens with one attached hydrogen (secondary N) is 3. The van der Waals surface area contributed by atoms with Crippen molar-refractivity contribution in [2.75, 3.05) is 5.32 Å². The topological polar surface area (TPSA) is 138 Å². The van der Waals surface area contributed by atoms with Gasteiger partial charge in [0, 0.05) is 58.8 Å². The Hall–Kier alpha value is -5.84. The van der Waals surface area contributed by atoms with E-state index in [0.717, 1.165) is 11.1 Å². The van der Waals surface area contributed by atoms with Gasteiger partial charge in [-0.05, 0) is 30.3 Å². The van der Waals surface area contributed by atoms with Gasteiger partial charge in [0.05, 0.1) is 17.3 Å². The average Bonchev–Trinajstić information content (AvgIpc) is 3.63. The summed E-state index contributed by atoms with van der Waals surface area (Å²) in [4.78, 5) is 37.6. The van der Waals surface area contributed by atoms with Crippen LogP contribution in [0.1, 0.15) is 10.4 Å². The van der Waals surface area contributed by atoms with Crippen LogP contribution in [0.2, 0.25) is 0 Å². The molecule has 40 heavy (non-hydrogen) atoms. The number of aromatic amines is 2. The molecule has 0 aliphatic rings. The van der Waals surface area contributed by atoms with Gasteiger partial charge in [0.25, 0.3) is 5.91 Å². The quantitative estimate of drug-likeness (QED) is 0.272. The monoisotopic (exact) mass is 527 g/mol. The minimum atomic E-state index is -0.553. The van der Waals surface area contributed by atoms with Crippen molar-refractivity contribution in [2.45, 2.75) is 0 Å². The Kier molecular flexibility index (Phi) is 5.52. The number of nitrogens with zero attached hydrogens (tertiary/aromatic N) is 6. The van der Waals surface area contributed by atoms with Crippen LogP contribution in [0.3, 0.4) is 0 Å². The highest BCUT2D eigenvalue weighted by Gasteiger charge is 2.22. The molecule has 0 aliphatic carbocycles. The summed E-state index contributed by atoms with van der Waals surface area (Å²) in [6, 6.07) is 16.1. The van der Waals surface area contributed by atoms with Crippen LogP contribution in [0.25, 0.3) is 56.0 Å². The van der Waals surface area contributed by atoms with Gasteiger partial charge in [0.15, 0.2) is 17.1 Å². The van der Waals surface area contributed by atoms with Crippen LogP contribution in [-0.2, 0) is 0 Å². The number of imidazole rings is 1. The Morgan fingerprint density at radius 1 is 0.825 bits per heavy atom. The fraction of sp³-hybridized carbons (Fsp3) is 0. The molecule has 0 saturated carbocycles. The maximum absolute atomic E-state index is 16.1. The second kappa shape index (κ2) is 9.48. The van der Waals surface area contributed by atoms with Gasteiger partial charge in [-0.3, -0.25) is 19.9 Å². The molecule has 10 nitrogen and oxygen atoms in total. The molecule has 6 heterocycles. The maximum Gasteiger partial charge on any atom is 0.255 e. The molecule has 6 aromatic heterocycles. The number of H-pyrrole nitrogens is 2. The first-order valence-corrected chi connectivity index (χ1v) is 12.3. The van der Waals surface area contributed by atoms with Gasteiger partial charge < -0.3 is 10.3 Å². The zero-order valence-electron chi connectivity index (χ0n) is 20.6. The zero-order chi connectivity index (χ0) is 27.1. The maximum atomic E-state index is 16.1. The SMILES string of the molecule is O=C(Nc1cncc(-c2cnc3[nH]nc(-c4nc5c(-c6cccnc6)ccnc5[nH]4)c3c2F)c1)c1ccccc1. The van der Waals surface area contributed by atoms with Crippen molar-refractivity contribution in [2.24, 2.45) is 0 Å². The number of aromatic nitrogens is 8. The van der Waals surface area contributed by atoms with E-state index in [1.54, 1.807) is 48.9 Å². The number of benzene rings is 1. The lowest BCUT2D eigenvalue weighted by Crippen LogP contribution is -2.11. The Labute approximate surface area is 225 Å². The van der Waals surface area contributed by atoms with E-state index in [1.165, 1.54) is 18.6 Å². The Balaban J connectivity index is 1.29. The Morgan fingerprint density at radius 3 is 2.55 bits per heavy atom. The summed E-state index contributed by atoms with van der Waals surface area (Å²) in [5.74, 6) is -0.511. The summed E-state index contributed by atoms with van der Waals surface area (Å²) < 4.78 is 16.1. The normalized spacial score (nSPS) is 11.2. The lowest BCUT2D eigenvalue weighted by atomic mass is 10.1. The standard InChI is InChI=1S/C29H18FN9O/c30-23-21(18-11-19(14-32-13-18)35-29(40)16-5-2-1-3-6-16)15-34-26-22(23)25(38-39-26)28-36-24-20(8-10-33-27(24)37-28)17-7-4-9-31-12-17/h1-15H,(H,35,40)(H,33,36,37)(H,34,38,39). The van der Waals surface area contributed by atoms with E-state index in [4.69, 9.17) is 4.98 Å². The van der Waals surface area contributed by atoms with E-state index in [0.29, 0.717) is 33.8 Å². The highest BCUT2D eigenvalue weighted by atomic mass is 19.1. The summed E-state index contributed by atoms with van der Waals surface area (Å²) in [6.45, 7) is 0. The molecule has 0 radical (unpaired) electrons. The van der Waals surface area contributed by atoms with Crippen molar-refractivity contribution < 1.29 is 9.18 Å². The Bertz CT molecular complexity index is 2020. The van der Waals surface area contributed by atoms with Gasteiger partial charge in [0.2, 0.25) is 0 Å². The molecule has 192 valence electrons. The van der Waals surface area contributed by atoms with Crippen LogP contribution < -0.4 is 5.32 Å². The molecule has 0 bridgehead atoms. The summed E-state index contributed by atoms with van der Waals surface area (Å²) in [7, 11) is 0. The molecule has 7 rings (SSSR count). The van der Waals surface area contributed by atoms with Crippen molar-refractivity contribution in [1.29, 1.82) is 0 Å². The van der Waals surface area contributed by atoms with E-state index in [-0.39, 0.29) is 28.2 Å². The van der Waals surface area contributed by atoms with Crippen molar-refractivity contribution in [1.82, 2.24) is 40.1 Å². The minimum absolute atomic E-state index is 0.165. The largest absolute Gasteiger partial charge is 0.321 e. The molecular formula is C29H18FN9O. The third kappa shape index (κ3) is 4.02. The first-order valence-electron chi connectivity index (χ1n) is 12.3. The summed E-state index contributed by atoms with van der Waals surface area (Å²) in [6.07, 6.45) is 9.52. The van der Waals surface area contributed by atoms with Gasteiger partial charge in [0.1, 0.15) is 17.0 Å². The van der Waals surface area contributed by atoms with Gasteiger partial charge in [-0.1, -0.05) is 24.3 Å². The third-order valence-corrected chi connectivity index (χ3v) is 6.45. The number of carbonyl (C=O) groups excluding carboxylic acids is 1. The molecule has 0 unspecified atom stereocenters. The molecule has 1 amide bonds. The smallest absolute Gasteiger partial charge is 0.255 e. The van der Waals surface area contributed by atoms with E-state index in [9.17, 15) is 4.79 Å².